The Hall–Kier alpha value is -0.830. The van der Waals surface area contributed by atoms with Crippen LogP contribution >= 0.6 is 15.9 Å². The highest BCUT2D eigenvalue weighted by molar-refractivity contribution is 9.09. The van der Waals surface area contributed by atoms with E-state index in [1.807, 2.05) is 6.08 Å². The van der Waals surface area contributed by atoms with Gasteiger partial charge in [0.1, 0.15) is 6.61 Å². The summed E-state index contributed by atoms with van der Waals surface area (Å²) in [5.41, 5.74) is 4.10. The van der Waals surface area contributed by atoms with Gasteiger partial charge in [0, 0.05) is 12.3 Å². The molecule has 0 saturated carbocycles. The van der Waals surface area contributed by atoms with E-state index in [1.165, 1.54) is 23.6 Å². The molecule has 0 aromatic rings. The van der Waals surface area contributed by atoms with Gasteiger partial charge in [0.2, 0.25) is 0 Å². The van der Waals surface area contributed by atoms with Crippen LogP contribution < -0.4 is 0 Å². The molecule has 0 unspecified atom stereocenters. The van der Waals surface area contributed by atoms with Gasteiger partial charge in [0.15, 0.2) is 0 Å². The molecule has 3 heteroatoms. The van der Waals surface area contributed by atoms with Crippen LogP contribution in [0.25, 0.3) is 0 Å². The Bertz CT molecular complexity index is 378. The lowest BCUT2D eigenvalue weighted by molar-refractivity contribution is -0.139. The number of rotatable bonds is 9. The molecule has 0 aromatic heterocycles. The number of halogens is 1. The predicted octanol–water partition coefficient (Wildman–Crippen LogP) is 5.34. The van der Waals surface area contributed by atoms with Crippen molar-refractivity contribution in [3.05, 3.63) is 34.9 Å². The minimum absolute atomic E-state index is 0.225. The number of allylic oxidation sites excluding steroid dienone is 5. The summed E-state index contributed by atoms with van der Waals surface area (Å²) in [6, 6.07) is 0. The normalized spacial score (nSPS) is 13.6. The van der Waals surface area contributed by atoms with Crippen molar-refractivity contribution in [2.24, 2.45) is 0 Å². The molecule has 0 atom stereocenters. The van der Waals surface area contributed by atoms with Gasteiger partial charge in [-0.15, -0.1) is 0 Å². The quantitative estimate of drug-likeness (QED) is 0.321. The minimum atomic E-state index is -0.225. The van der Waals surface area contributed by atoms with Crippen LogP contribution in [-0.4, -0.2) is 17.9 Å². The van der Waals surface area contributed by atoms with Crippen LogP contribution in [0, 0.1) is 0 Å². The lowest BCUT2D eigenvalue weighted by Crippen LogP contribution is -1.98. The van der Waals surface area contributed by atoms with Crippen LogP contribution in [0.3, 0.4) is 0 Å². The van der Waals surface area contributed by atoms with Crippen molar-refractivity contribution in [2.45, 2.75) is 53.4 Å². The maximum Gasteiger partial charge on any atom is 0.302 e. The second-order valence-electron chi connectivity index (χ2n) is 5.16. The third kappa shape index (κ3) is 12.2. The van der Waals surface area contributed by atoms with Crippen LogP contribution in [-0.2, 0) is 9.53 Å². The van der Waals surface area contributed by atoms with Crippen LogP contribution in [0.4, 0.5) is 0 Å². The van der Waals surface area contributed by atoms with Crippen molar-refractivity contribution in [3.8, 4) is 0 Å². The van der Waals surface area contributed by atoms with E-state index in [4.69, 9.17) is 4.74 Å². The molecule has 0 spiro atoms. The summed E-state index contributed by atoms with van der Waals surface area (Å²) in [5, 5.41) is 0.960. The van der Waals surface area contributed by atoms with Crippen molar-refractivity contribution in [1.82, 2.24) is 0 Å². The smallest absolute Gasteiger partial charge is 0.302 e. The lowest BCUT2D eigenvalue weighted by Gasteiger charge is -2.02. The molecule has 0 rings (SSSR count). The Kier molecular flexibility index (Phi) is 11.5. The van der Waals surface area contributed by atoms with E-state index >= 15 is 0 Å². The first-order chi connectivity index (χ1) is 9.45. The van der Waals surface area contributed by atoms with Gasteiger partial charge < -0.3 is 4.74 Å². The molecule has 0 aromatic carbocycles. The van der Waals surface area contributed by atoms with Crippen molar-refractivity contribution in [1.29, 1.82) is 0 Å². The molecular formula is C17H27BrO2. The number of esters is 1. The zero-order chi connectivity index (χ0) is 15.4. The van der Waals surface area contributed by atoms with Crippen LogP contribution in [0.15, 0.2) is 34.9 Å². The highest BCUT2D eigenvalue weighted by atomic mass is 79.9. The molecular weight excluding hydrogens is 316 g/mol. The third-order valence-electron chi connectivity index (χ3n) is 2.99. The Morgan fingerprint density at radius 2 is 1.40 bits per heavy atom. The van der Waals surface area contributed by atoms with Gasteiger partial charge >= 0.3 is 5.97 Å². The highest BCUT2D eigenvalue weighted by Gasteiger charge is 1.93. The number of hydrogen-bond donors (Lipinski definition) is 0. The third-order valence-corrected chi connectivity index (χ3v) is 3.88. The lowest BCUT2D eigenvalue weighted by atomic mass is 10.1. The van der Waals surface area contributed by atoms with Gasteiger partial charge in [-0.25, -0.2) is 0 Å². The second-order valence-corrected chi connectivity index (χ2v) is 5.73. The van der Waals surface area contributed by atoms with Crippen molar-refractivity contribution >= 4 is 21.9 Å². The zero-order valence-corrected chi connectivity index (χ0v) is 14.8. The number of ether oxygens (including phenoxy) is 1. The summed E-state index contributed by atoms with van der Waals surface area (Å²) in [6.45, 7) is 8.23. The van der Waals surface area contributed by atoms with Crippen LogP contribution in [0.2, 0.25) is 0 Å². The SMILES string of the molecule is CC(=O)OC/C=C(\C)CC/C=C(\C)CC/C=C(\C)CBr. The molecule has 0 aliphatic carbocycles. The molecule has 0 saturated heterocycles. The van der Waals surface area contributed by atoms with E-state index in [9.17, 15) is 4.79 Å². The molecule has 0 bridgehead atoms. The molecule has 114 valence electrons. The largest absolute Gasteiger partial charge is 0.462 e. The van der Waals surface area contributed by atoms with E-state index in [0.717, 1.165) is 31.0 Å². The molecule has 0 amide bonds. The Labute approximate surface area is 132 Å². The van der Waals surface area contributed by atoms with Crippen molar-refractivity contribution in [3.63, 3.8) is 0 Å². The standard InChI is InChI=1S/C17H27BrO2/c1-14(8-6-10-16(3)13-18)7-5-9-15(2)11-12-20-17(4)19/h7,10-11H,5-6,8-9,12-13H2,1-4H3/b14-7+,15-11+,16-10+. The van der Waals surface area contributed by atoms with Gasteiger partial charge in [0.05, 0.1) is 0 Å². The first kappa shape index (κ1) is 19.2. The fraction of sp³-hybridized carbons (Fsp3) is 0.588. The molecule has 20 heavy (non-hydrogen) atoms. The summed E-state index contributed by atoms with van der Waals surface area (Å²) in [4.78, 5) is 10.6. The zero-order valence-electron chi connectivity index (χ0n) is 13.2. The monoisotopic (exact) mass is 342 g/mol. The minimum Gasteiger partial charge on any atom is -0.462 e. The molecule has 2 nitrogen and oxygen atoms in total. The van der Waals surface area contributed by atoms with Gasteiger partial charge in [-0.05, 0) is 52.5 Å². The fourth-order valence-electron chi connectivity index (χ4n) is 1.65. The van der Waals surface area contributed by atoms with Crippen molar-refractivity contribution in [2.75, 3.05) is 11.9 Å². The van der Waals surface area contributed by atoms with E-state index < -0.39 is 0 Å². The van der Waals surface area contributed by atoms with E-state index in [-0.39, 0.29) is 5.97 Å². The number of carbonyl (C=O) groups excluding carboxylic acids is 1. The molecule has 0 aliphatic heterocycles. The summed E-state index contributed by atoms with van der Waals surface area (Å²) < 4.78 is 4.89. The molecule has 0 heterocycles. The first-order valence-electron chi connectivity index (χ1n) is 7.12. The number of carbonyl (C=O) groups is 1. The molecule has 0 N–H and O–H groups in total. The average Bonchev–Trinajstić information content (AvgIpc) is 2.38. The average molecular weight is 343 g/mol. The van der Waals surface area contributed by atoms with E-state index in [1.54, 1.807) is 0 Å². The number of alkyl halides is 1. The van der Waals surface area contributed by atoms with E-state index in [0.29, 0.717) is 6.61 Å². The van der Waals surface area contributed by atoms with Gasteiger partial charge in [0.25, 0.3) is 0 Å². The summed E-state index contributed by atoms with van der Waals surface area (Å²) >= 11 is 3.45. The summed E-state index contributed by atoms with van der Waals surface area (Å²) in [6.07, 6.45) is 10.9. The summed E-state index contributed by atoms with van der Waals surface area (Å²) in [5.74, 6) is -0.225. The Morgan fingerprint density at radius 3 is 1.90 bits per heavy atom. The maximum absolute atomic E-state index is 10.6. The number of hydrogen-bond acceptors (Lipinski definition) is 2. The van der Waals surface area contributed by atoms with E-state index in [2.05, 4.69) is 48.9 Å². The topological polar surface area (TPSA) is 26.3 Å². The first-order valence-corrected chi connectivity index (χ1v) is 8.24. The van der Waals surface area contributed by atoms with Gasteiger partial charge in [-0.1, -0.05) is 44.8 Å². The van der Waals surface area contributed by atoms with Crippen LogP contribution in [0.1, 0.15) is 53.4 Å². The summed E-state index contributed by atoms with van der Waals surface area (Å²) in [7, 11) is 0. The molecule has 0 aliphatic rings. The van der Waals surface area contributed by atoms with Crippen molar-refractivity contribution < 1.29 is 9.53 Å². The Balaban J connectivity index is 3.89. The molecule has 0 fully saturated rings. The van der Waals surface area contributed by atoms with Gasteiger partial charge in [-0.3, -0.25) is 4.79 Å². The predicted molar refractivity (Wildman–Crippen MR) is 90.2 cm³/mol. The second kappa shape index (κ2) is 12.0. The maximum atomic E-state index is 10.6. The fourth-order valence-corrected chi connectivity index (χ4v) is 1.88. The van der Waals surface area contributed by atoms with Gasteiger partial charge in [-0.2, -0.15) is 0 Å². The molecule has 0 radical (unpaired) electrons. The highest BCUT2D eigenvalue weighted by Crippen LogP contribution is 2.11. The van der Waals surface area contributed by atoms with Crippen LogP contribution in [0.5, 0.6) is 0 Å². The Morgan fingerprint density at radius 1 is 0.900 bits per heavy atom.